The molecule has 0 aromatic heterocycles. The third-order valence-electron chi connectivity index (χ3n) is 4.78. The van der Waals surface area contributed by atoms with E-state index < -0.39 is 59.0 Å². The van der Waals surface area contributed by atoms with E-state index in [4.69, 9.17) is 19.9 Å². The van der Waals surface area contributed by atoms with Crippen LogP contribution in [0.4, 0.5) is 14.4 Å². The largest absolute Gasteiger partial charge is 0.444 e. The number of alkyl carbamates (subject to hydrolysis) is 3. The van der Waals surface area contributed by atoms with Crippen LogP contribution in [0, 0.1) is 0 Å². The molecule has 0 aliphatic heterocycles. The first-order chi connectivity index (χ1) is 18.7. The standard InChI is InChI=1S/C27H52N6O8/c1-25(2,3)39-22(36)31-17-16-30-20(34)18(32-23(37)40-26(4,5)6)12-10-11-15-29-21(35)19(13-14-28)33-24(38)41-27(7,8)9/h18-19H,10-17,28H2,1-9H3,(H,29,35)(H,30,34)(H,31,36)(H,32,37)(H,33,38)/t18-,19-/m0/s1. The Morgan fingerprint density at radius 2 is 0.951 bits per heavy atom. The number of hydrogen-bond acceptors (Lipinski definition) is 9. The molecule has 0 saturated carbocycles. The molecule has 0 aliphatic carbocycles. The average molecular weight is 589 g/mol. The van der Waals surface area contributed by atoms with Crippen LogP contribution in [-0.2, 0) is 23.8 Å². The van der Waals surface area contributed by atoms with Crippen molar-refractivity contribution >= 4 is 30.1 Å². The highest BCUT2D eigenvalue weighted by molar-refractivity contribution is 5.86. The SMILES string of the molecule is CC(C)(C)OC(=O)NCCNC(=O)[C@H](CCCCNC(=O)[C@H](CCN)NC(=O)OC(C)(C)C)NC(=O)OC(C)(C)C. The highest BCUT2D eigenvalue weighted by Gasteiger charge is 2.25. The summed E-state index contributed by atoms with van der Waals surface area (Å²) in [5.41, 5.74) is 3.48. The second kappa shape index (κ2) is 17.5. The number of nitrogens with one attached hydrogen (secondary N) is 5. The predicted octanol–water partition coefficient (Wildman–Crippen LogP) is 2.05. The van der Waals surface area contributed by atoms with Crippen LogP contribution in [0.2, 0.25) is 0 Å². The van der Waals surface area contributed by atoms with Gasteiger partial charge in [-0.3, -0.25) is 9.59 Å². The molecule has 14 heteroatoms. The van der Waals surface area contributed by atoms with Crippen LogP contribution in [0.5, 0.6) is 0 Å². The van der Waals surface area contributed by atoms with Crippen LogP contribution in [0.3, 0.4) is 0 Å². The van der Waals surface area contributed by atoms with Gasteiger partial charge in [0.25, 0.3) is 0 Å². The van der Waals surface area contributed by atoms with Gasteiger partial charge in [-0.2, -0.15) is 0 Å². The summed E-state index contributed by atoms with van der Waals surface area (Å²) < 4.78 is 15.6. The summed E-state index contributed by atoms with van der Waals surface area (Å²) >= 11 is 0. The van der Waals surface area contributed by atoms with Gasteiger partial charge in [-0.25, -0.2) is 14.4 Å². The van der Waals surface area contributed by atoms with Gasteiger partial charge < -0.3 is 46.5 Å². The minimum Gasteiger partial charge on any atom is -0.444 e. The molecule has 238 valence electrons. The molecule has 0 bridgehead atoms. The Kier molecular flexibility index (Phi) is 16.1. The maximum atomic E-state index is 12.8. The Labute approximate surface area is 243 Å². The maximum absolute atomic E-state index is 12.8. The lowest BCUT2D eigenvalue weighted by atomic mass is 10.1. The quantitative estimate of drug-likeness (QED) is 0.130. The summed E-state index contributed by atoms with van der Waals surface area (Å²) in [6.07, 6.45) is -0.588. The Bertz CT molecular complexity index is 861. The molecule has 0 aliphatic rings. The topological polar surface area (TPSA) is 199 Å². The monoisotopic (exact) mass is 588 g/mol. The van der Waals surface area contributed by atoms with Crippen LogP contribution in [0.25, 0.3) is 0 Å². The summed E-state index contributed by atoms with van der Waals surface area (Å²) in [6.45, 7) is 16.2. The fourth-order valence-corrected chi connectivity index (χ4v) is 3.20. The van der Waals surface area contributed by atoms with E-state index in [9.17, 15) is 24.0 Å². The van der Waals surface area contributed by atoms with Gasteiger partial charge in [-0.05, 0) is 94.5 Å². The lowest BCUT2D eigenvalue weighted by molar-refractivity contribution is -0.124. The van der Waals surface area contributed by atoms with Gasteiger partial charge in [0.1, 0.15) is 28.9 Å². The molecule has 0 spiro atoms. The molecule has 0 rings (SSSR count). The van der Waals surface area contributed by atoms with Crippen LogP contribution in [0.1, 0.15) is 88.0 Å². The first kappa shape index (κ1) is 37.7. The van der Waals surface area contributed by atoms with Gasteiger partial charge >= 0.3 is 18.3 Å². The number of carbonyl (C=O) groups is 5. The fourth-order valence-electron chi connectivity index (χ4n) is 3.20. The Hall–Kier alpha value is -3.29. The van der Waals surface area contributed by atoms with Crippen molar-refractivity contribution in [2.75, 3.05) is 26.2 Å². The number of amides is 5. The summed E-state index contributed by atoms with van der Waals surface area (Å²) in [6, 6.07) is -1.75. The molecule has 2 atom stereocenters. The molecule has 5 amide bonds. The minimum atomic E-state index is -0.902. The van der Waals surface area contributed by atoms with Gasteiger partial charge in [-0.1, -0.05) is 0 Å². The molecule has 0 aromatic carbocycles. The molecule has 7 N–H and O–H groups in total. The summed E-state index contributed by atoms with van der Waals surface area (Å²) in [4.78, 5) is 61.5. The van der Waals surface area contributed by atoms with Gasteiger partial charge in [0.05, 0.1) is 0 Å². The second-order valence-corrected chi connectivity index (χ2v) is 12.5. The van der Waals surface area contributed by atoms with Gasteiger partial charge in [0.2, 0.25) is 11.8 Å². The molecule has 41 heavy (non-hydrogen) atoms. The van der Waals surface area contributed by atoms with Crippen molar-refractivity contribution in [3.63, 3.8) is 0 Å². The number of unbranched alkanes of at least 4 members (excludes halogenated alkanes) is 1. The van der Waals surface area contributed by atoms with Crippen LogP contribution < -0.4 is 32.3 Å². The highest BCUT2D eigenvalue weighted by Crippen LogP contribution is 2.10. The molecule has 14 nitrogen and oxygen atoms in total. The molecular weight excluding hydrogens is 536 g/mol. The summed E-state index contributed by atoms with van der Waals surface area (Å²) in [7, 11) is 0. The van der Waals surface area contributed by atoms with Crippen molar-refractivity contribution in [2.45, 2.75) is 117 Å². The van der Waals surface area contributed by atoms with Crippen molar-refractivity contribution in [1.29, 1.82) is 0 Å². The van der Waals surface area contributed by atoms with Crippen molar-refractivity contribution < 1.29 is 38.2 Å². The summed E-state index contributed by atoms with van der Waals surface area (Å²) in [5, 5.41) is 13.1. The third kappa shape index (κ3) is 21.2. The smallest absolute Gasteiger partial charge is 0.408 e. The van der Waals surface area contributed by atoms with E-state index >= 15 is 0 Å². The van der Waals surface area contributed by atoms with Crippen molar-refractivity contribution in [3.8, 4) is 0 Å². The van der Waals surface area contributed by atoms with E-state index in [0.717, 1.165) is 0 Å². The molecule has 0 saturated heterocycles. The van der Waals surface area contributed by atoms with Gasteiger partial charge in [0, 0.05) is 19.6 Å². The van der Waals surface area contributed by atoms with E-state index in [1.807, 2.05) is 0 Å². The molecule has 0 heterocycles. The van der Waals surface area contributed by atoms with E-state index in [2.05, 4.69) is 26.6 Å². The number of carbonyl (C=O) groups excluding carboxylic acids is 5. The van der Waals surface area contributed by atoms with E-state index in [-0.39, 0.29) is 39.0 Å². The Balaban J connectivity index is 4.86. The van der Waals surface area contributed by atoms with Crippen molar-refractivity contribution in [1.82, 2.24) is 26.6 Å². The van der Waals surface area contributed by atoms with Gasteiger partial charge in [0.15, 0.2) is 0 Å². The Morgan fingerprint density at radius 3 is 1.39 bits per heavy atom. The zero-order valence-corrected chi connectivity index (χ0v) is 26.2. The average Bonchev–Trinajstić information content (AvgIpc) is 2.76. The zero-order chi connectivity index (χ0) is 31.9. The van der Waals surface area contributed by atoms with Crippen molar-refractivity contribution in [2.24, 2.45) is 5.73 Å². The van der Waals surface area contributed by atoms with Crippen LogP contribution in [0.15, 0.2) is 0 Å². The van der Waals surface area contributed by atoms with Crippen LogP contribution in [-0.4, -0.2) is 85.2 Å². The molecular formula is C27H52N6O8. The fraction of sp³-hybridized carbons (Fsp3) is 0.815. The molecule has 0 fully saturated rings. The van der Waals surface area contributed by atoms with Gasteiger partial charge in [-0.15, -0.1) is 0 Å². The van der Waals surface area contributed by atoms with E-state index in [1.165, 1.54) is 0 Å². The lowest BCUT2D eigenvalue weighted by Crippen LogP contribution is -2.50. The summed E-state index contributed by atoms with van der Waals surface area (Å²) in [5.74, 6) is -0.851. The zero-order valence-electron chi connectivity index (χ0n) is 26.2. The number of nitrogens with two attached hydrogens (primary N) is 1. The maximum Gasteiger partial charge on any atom is 0.408 e. The van der Waals surface area contributed by atoms with E-state index in [1.54, 1.807) is 62.3 Å². The second-order valence-electron chi connectivity index (χ2n) is 12.5. The number of hydrogen-bond donors (Lipinski definition) is 6. The van der Waals surface area contributed by atoms with E-state index in [0.29, 0.717) is 12.8 Å². The first-order valence-electron chi connectivity index (χ1n) is 13.9. The van der Waals surface area contributed by atoms with Crippen molar-refractivity contribution in [3.05, 3.63) is 0 Å². The number of rotatable bonds is 14. The molecule has 0 radical (unpaired) electrons. The van der Waals surface area contributed by atoms with Crippen LogP contribution >= 0.6 is 0 Å². The third-order valence-corrected chi connectivity index (χ3v) is 4.78. The lowest BCUT2D eigenvalue weighted by Gasteiger charge is -2.24. The highest BCUT2D eigenvalue weighted by atomic mass is 16.6. The normalized spacial score (nSPS) is 13.2. The molecule has 0 unspecified atom stereocenters. The minimum absolute atomic E-state index is 0.119. The number of ether oxygens (including phenoxy) is 3. The first-order valence-corrected chi connectivity index (χ1v) is 13.9. The molecule has 0 aromatic rings. The predicted molar refractivity (Wildman–Crippen MR) is 154 cm³/mol. The Morgan fingerprint density at radius 1 is 0.561 bits per heavy atom.